The van der Waals surface area contributed by atoms with Crippen molar-refractivity contribution in [1.82, 2.24) is 15.0 Å². The fraction of sp³-hybridized carbons (Fsp3) is 0.269. The number of carboxylic acids is 1. The first kappa shape index (κ1) is 25.2. The Labute approximate surface area is 214 Å². The first-order valence-corrected chi connectivity index (χ1v) is 11.7. The summed E-state index contributed by atoms with van der Waals surface area (Å²) in [5, 5.41) is 25.5. The number of pyridine rings is 1. The maximum absolute atomic E-state index is 11.1. The molecule has 37 heavy (non-hydrogen) atoms. The second-order valence-electron chi connectivity index (χ2n) is 8.87. The minimum atomic E-state index is -0.789. The number of carboxylic acid groups (broad SMARTS) is 1. The van der Waals surface area contributed by atoms with Crippen LogP contribution in [0.5, 0.6) is 0 Å². The van der Waals surface area contributed by atoms with E-state index in [1.54, 1.807) is 24.3 Å². The number of benzene rings is 1. The van der Waals surface area contributed by atoms with E-state index in [4.69, 9.17) is 10.9 Å². The molecule has 0 unspecified atom stereocenters. The summed E-state index contributed by atoms with van der Waals surface area (Å²) in [7, 11) is 0. The summed E-state index contributed by atoms with van der Waals surface area (Å²) < 4.78 is 0. The number of hydrogen-bond acceptors (Lipinski definition) is 10. The molecule has 11 nitrogen and oxygen atoms in total. The molecule has 0 radical (unpaired) electrons. The van der Waals surface area contributed by atoms with Gasteiger partial charge in [-0.25, -0.2) is 15.0 Å². The standard InChI is InChI=1S/C26H27N9O2/c1-16(2)30-26-32-21(18-6-3-5-17(9-18)11-27)10-22(33-26)23(34-28)13-29-12-20-7-4-8-24(31-20)35-14-19(15-35)25(36)37/h3-10,13,16,19H,12,14-15,28H2,1-2H3,(H,36,37)(H,30,32,33)/b29-13?,34-23+. The van der Waals surface area contributed by atoms with Gasteiger partial charge in [-0.1, -0.05) is 18.2 Å². The lowest BCUT2D eigenvalue weighted by Gasteiger charge is -2.37. The predicted molar refractivity (Wildman–Crippen MR) is 141 cm³/mol. The van der Waals surface area contributed by atoms with Crippen molar-refractivity contribution in [2.24, 2.45) is 21.9 Å². The van der Waals surface area contributed by atoms with Crippen LogP contribution in [-0.2, 0) is 11.3 Å². The van der Waals surface area contributed by atoms with E-state index in [1.807, 2.05) is 43.0 Å². The lowest BCUT2D eigenvalue weighted by Crippen LogP contribution is -2.50. The number of aliphatic carboxylic acids is 1. The number of nitriles is 1. The first-order chi connectivity index (χ1) is 17.9. The Morgan fingerprint density at radius 1 is 1.24 bits per heavy atom. The van der Waals surface area contributed by atoms with Crippen molar-refractivity contribution >= 4 is 29.7 Å². The van der Waals surface area contributed by atoms with E-state index in [0.29, 0.717) is 41.7 Å². The van der Waals surface area contributed by atoms with Crippen molar-refractivity contribution in [3.05, 3.63) is 65.5 Å². The molecule has 188 valence electrons. The highest BCUT2D eigenvalue weighted by atomic mass is 16.4. The molecule has 0 amide bonds. The van der Waals surface area contributed by atoms with E-state index in [1.165, 1.54) is 6.21 Å². The van der Waals surface area contributed by atoms with Gasteiger partial charge in [-0.15, -0.1) is 0 Å². The third kappa shape index (κ3) is 6.24. The third-order valence-corrected chi connectivity index (χ3v) is 5.65. The van der Waals surface area contributed by atoms with Gasteiger partial charge in [0.05, 0.1) is 47.4 Å². The largest absolute Gasteiger partial charge is 0.481 e. The number of rotatable bonds is 9. The lowest BCUT2D eigenvalue weighted by atomic mass is 10.0. The van der Waals surface area contributed by atoms with E-state index in [0.717, 1.165) is 17.1 Å². The molecule has 11 heteroatoms. The number of aromatic nitrogens is 3. The number of anilines is 2. The molecule has 0 spiro atoms. The van der Waals surface area contributed by atoms with Crippen LogP contribution in [0.4, 0.5) is 11.8 Å². The smallest absolute Gasteiger partial charge is 0.310 e. The molecule has 0 aliphatic carbocycles. The summed E-state index contributed by atoms with van der Waals surface area (Å²) in [6.07, 6.45) is 1.54. The van der Waals surface area contributed by atoms with Crippen LogP contribution in [0.15, 0.2) is 58.6 Å². The number of hydrazone groups is 1. The minimum Gasteiger partial charge on any atom is -0.481 e. The second kappa shape index (κ2) is 11.3. The summed E-state index contributed by atoms with van der Waals surface area (Å²) >= 11 is 0. The van der Waals surface area contributed by atoms with Gasteiger partial charge >= 0.3 is 5.97 Å². The van der Waals surface area contributed by atoms with E-state index < -0.39 is 5.97 Å². The molecule has 3 aromatic rings. The number of nitrogens with one attached hydrogen (secondary N) is 1. The van der Waals surface area contributed by atoms with Crippen LogP contribution < -0.4 is 16.1 Å². The van der Waals surface area contributed by atoms with Crippen molar-refractivity contribution in [3.8, 4) is 17.3 Å². The van der Waals surface area contributed by atoms with Crippen LogP contribution in [0.2, 0.25) is 0 Å². The quantitative estimate of drug-likeness (QED) is 0.229. The van der Waals surface area contributed by atoms with Gasteiger partial charge in [0, 0.05) is 24.7 Å². The molecule has 4 N–H and O–H groups in total. The van der Waals surface area contributed by atoms with E-state index in [9.17, 15) is 10.1 Å². The molecule has 3 heterocycles. The highest BCUT2D eigenvalue weighted by molar-refractivity contribution is 6.37. The predicted octanol–water partition coefficient (Wildman–Crippen LogP) is 2.69. The average molecular weight is 498 g/mol. The topological polar surface area (TPSA) is 166 Å². The molecule has 1 aliphatic heterocycles. The van der Waals surface area contributed by atoms with E-state index in [2.05, 4.69) is 36.4 Å². The van der Waals surface area contributed by atoms with Crippen LogP contribution in [-0.4, -0.2) is 57.1 Å². The van der Waals surface area contributed by atoms with Crippen LogP contribution in [0.3, 0.4) is 0 Å². The van der Waals surface area contributed by atoms with Crippen LogP contribution in [0, 0.1) is 17.2 Å². The van der Waals surface area contributed by atoms with Gasteiger partial charge < -0.3 is 21.2 Å². The van der Waals surface area contributed by atoms with Gasteiger partial charge in [-0.05, 0) is 44.2 Å². The van der Waals surface area contributed by atoms with Crippen LogP contribution in [0.1, 0.15) is 30.8 Å². The molecular formula is C26H27N9O2. The monoisotopic (exact) mass is 497 g/mol. The van der Waals surface area contributed by atoms with Gasteiger partial charge in [0.2, 0.25) is 5.95 Å². The number of aliphatic imine (C=N–C) groups is 1. The SMILES string of the molecule is CC(C)Nc1nc(/C(C=NCc2cccc(N3CC(C(=O)O)C3)n2)=N/N)cc(-c2cccc(C#N)c2)n1. The number of nitrogens with two attached hydrogens (primary N) is 1. The minimum absolute atomic E-state index is 0.0935. The summed E-state index contributed by atoms with van der Waals surface area (Å²) in [6.45, 7) is 5.13. The molecule has 1 saturated heterocycles. The molecule has 1 aliphatic rings. The molecule has 1 fully saturated rings. The van der Waals surface area contributed by atoms with Gasteiger partial charge in [0.25, 0.3) is 0 Å². The number of hydrogen-bond donors (Lipinski definition) is 3. The number of nitrogens with zero attached hydrogens (tertiary/aromatic N) is 7. The molecule has 2 aromatic heterocycles. The molecular weight excluding hydrogens is 470 g/mol. The highest BCUT2D eigenvalue weighted by Gasteiger charge is 2.33. The molecule has 0 saturated carbocycles. The summed E-state index contributed by atoms with van der Waals surface area (Å²) in [4.78, 5) is 31.2. The Balaban J connectivity index is 1.54. The molecule has 0 bridgehead atoms. The fourth-order valence-corrected chi connectivity index (χ4v) is 3.74. The van der Waals surface area contributed by atoms with Crippen molar-refractivity contribution in [2.45, 2.75) is 26.4 Å². The maximum Gasteiger partial charge on any atom is 0.310 e. The normalized spacial score (nSPS) is 14.0. The van der Waals surface area contributed by atoms with E-state index >= 15 is 0 Å². The zero-order valence-electron chi connectivity index (χ0n) is 20.5. The Hall–Kier alpha value is -4.85. The van der Waals surface area contributed by atoms with Gasteiger partial charge in [0.15, 0.2) is 0 Å². The zero-order valence-corrected chi connectivity index (χ0v) is 20.5. The van der Waals surface area contributed by atoms with Gasteiger partial charge in [-0.2, -0.15) is 10.4 Å². The Morgan fingerprint density at radius 3 is 2.73 bits per heavy atom. The Morgan fingerprint density at radius 2 is 2.03 bits per heavy atom. The molecule has 1 aromatic carbocycles. The lowest BCUT2D eigenvalue weighted by molar-refractivity contribution is -0.142. The van der Waals surface area contributed by atoms with Crippen molar-refractivity contribution in [3.63, 3.8) is 0 Å². The van der Waals surface area contributed by atoms with E-state index in [-0.39, 0.29) is 18.5 Å². The Kier molecular flexibility index (Phi) is 7.68. The van der Waals surface area contributed by atoms with Gasteiger partial charge in [0.1, 0.15) is 11.5 Å². The first-order valence-electron chi connectivity index (χ1n) is 11.7. The summed E-state index contributed by atoms with van der Waals surface area (Å²) in [6, 6.07) is 16.7. The van der Waals surface area contributed by atoms with Gasteiger partial charge in [-0.3, -0.25) is 9.79 Å². The fourth-order valence-electron chi connectivity index (χ4n) is 3.74. The molecule has 0 atom stereocenters. The average Bonchev–Trinajstić information content (AvgIpc) is 2.85. The van der Waals surface area contributed by atoms with Crippen molar-refractivity contribution in [1.29, 1.82) is 5.26 Å². The molecule has 4 rings (SSSR count). The Bertz CT molecular complexity index is 1390. The highest BCUT2D eigenvalue weighted by Crippen LogP contribution is 2.23. The van der Waals surface area contributed by atoms with Crippen molar-refractivity contribution in [2.75, 3.05) is 23.3 Å². The number of carbonyl (C=O) groups is 1. The van der Waals surface area contributed by atoms with Crippen LogP contribution in [0.25, 0.3) is 11.3 Å². The summed E-state index contributed by atoms with van der Waals surface area (Å²) in [5.74, 6) is 5.68. The van der Waals surface area contributed by atoms with Crippen LogP contribution >= 0.6 is 0 Å². The van der Waals surface area contributed by atoms with Crippen molar-refractivity contribution < 1.29 is 9.90 Å². The third-order valence-electron chi connectivity index (χ3n) is 5.65. The summed E-state index contributed by atoms with van der Waals surface area (Å²) in [5.41, 5.74) is 3.46. The second-order valence-corrected chi connectivity index (χ2v) is 8.87. The maximum atomic E-state index is 11.1. The zero-order chi connectivity index (χ0) is 26.4.